The van der Waals surface area contributed by atoms with Crippen LogP contribution in [0.15, 0.2) is 59.8 Å². The molecule has 0 fully saturated rings. The Hall–Kier alpha value is -2.40. The Balaban J connectivity index is 1.79. The lowest BCUT2D eigenvalue weighted by molar-refractivity contribution is 0.449. The highest BCUT2D eigenvalue weighted by atomic mass is 32.2. The molecule has 2 aromatic carbocycles. The first-order chi connectivity index (χ1) is 12.1. The first-order valence-corrected chi connectivity index (χ1v) is 9.11. The second-order valence-corrected chi connectivity index (χ2v) is 6.55. The van der Waals surface area contributed by atoms with Crippen molar-refractivity contribution in [1.82, 2.24) is 9.97 Å². The third-order valence-electron chi connectivity index (χ3n) is 3.73. The maximum Gasteiger partial charge on any atom is 0.223 e. The van der Waals surface area contributed by atoms with Crippen molar-refractivity contribution >= 4 is 11.8 Å². The van der Waals surface area contributed by atoms with E-state index in [4.69, 9.17) is 4.74 Å². The summed E-state index contributed by atoms with van der Waals surface area (Å²) in [6.45, 7) is 4.13. The van der Waals surface area contributed by atoms with Crippen LogP contribution in [0.1, 0.15) is 23.7 Å². The van der Waals surface area contributed by atoms with Crippen LogP contribution in [0, 0.1) is 12.7 Å². The Morgan fingerprint density at radius 2 is 1.88 bits per heavy atom. The number of aromatic nitrogens is 2. The summed E-state index contributed by atoms with van der Waals surface area (Å²) in [5.74, 6) is 1.32. The first kappa shape index (κ1) is 17.4. The lowest BCUT2D eigenvalue weighted by atomic mass is 10.1. The second kappa shape index (κ2) is 8.12. The van der Waals surface area contributed by atoms with Crippen molar-refractivity contribution in [3.63, 3.8) is 0 Å². The summed E-state index contributed by atoms with van der Waals surface area (Å²) in [4.78, 5) is 9.01. The number of benzene rings is 2. The predicted octanol–water partition coefficient (Wildman–Crippen LogP) is 5.57. The molecule has 3 rings (SSSR count). The number of nitrogens with zero attached hydrogens (tertiary/aromatic N) is 2. The minimum Gasteiger partial charge on any atom is -0.439 e. The quantitative estimate of drug-likeness (QED) is 0.428. The van der Waals surface area contributed by atoms with E-state index in [1.54, 1.807) is 30.0 Å². The van der Waals surface area contributed by atoms with Crippen molar-refractivity contribution in [2.24, 2.45) is 0 Å². The zero-order chi connectivity index (χ0) is 17.6. The summed E-state index contributed by atoms with van der Waals surface area (Å²) in [5, 5.41) is 0.661. The van der Waals surface area contributed by atoms with Gasteiger partial charge in [-0.15, -0.1) is 0 Å². The van der Waals surface area contributed by atoms with Crippen LogP contribution in [0.3, 0.4) is 0 Å². The molecule has 1 aromatic heterocycles. The maximum absolute atomic E-state index is 13.3. The number of halogens is 1. The van der Waals surface area contributed by atoms with E-state index < -0.39 is 0 Å². The van der Waals surface area contributed by atoms with Crippen molar-refractivity contribution in [1.29, 1.82) is 0 Å². The average molecular weight is 354 g/mol. The Labute approximate surface area is 151 Å². The summed E-state index contributed by atoms with van der Waals surface area (Å²) in [7, 11) is 0. The molecule has 0 aliphatic carbocycles. The van der Waals surface area contributed by atoms with E-state index in [2.05, 4.69) is 29.0 Å². The normalized spacial score (nSPS) is 10.7. The lowest BCUT2D eigenvalue weighted by Crippen LogP contribution is -1.98. The molecule has 0 unspecified atom stereocenters. The Morgan fingerprint density at radius 3 is 2.64 bits per heavy atom. The molecule has 0 radical (unpaired) electrons. The molecule has 25 heavy (non-hydrogen) atoms. The fourth-order valence-corrected chi connectivity index (χ4v) is 3.26. The average Bonchev–Trinajstić information content (AvgIpc) is 2.61. The van der Waals surface area contributed by atoms with Crippen LogP contribution in [-0.4, -0.2) is 9.97 Å². The van der Waals surface area contributed by atoms with E-state index in [-0.39, 0.29) is 5.82 Å². The predicted molar refractivity (Wildman–Crippen MR) is 98.6 cm³/mol. The van der Waals surface area contributed by atoms with E-state index in [0.29, 0.717) is 16.8 Å². The molecule has 1 heterocycles. The van der Waals surface area contributed by atoms with Crippen molar-refractivity contribution in [2.45, 2.75) is 31.2 Å². The summed E-state index contributed by atoms with van der Waals surface area (Å²) < 4.78 is 19.0. The first-order valence-electron chi connectivity index (χ1n) is 8.12. The zero-order valence-corrected chi connectivity index (χ0v) is 15.0. The van der Waals surface area contributed by atoms with Gasteiger partial charge in [-0.1, -0.05) is 49.0 Å². The molecule has 128 valence electrons. The molecule has 0 aliphatic heterocycles. The molecule has 0 atom stereocenters. The van der Waals surface area contributed by atoms with E-state index in [0.717, 1.165) is 17.9 Å². The Morgan fingerprint density at radius 1 is 1.04 bits per heavy atom. The second-order valence-electron chi connectivity index (χ2n) is 5.61. The Bertz CT molecular complexity index is 870. The van der Waals surface area contributed by atoms with Crippen LogP contribution in [0.4, 0.5) is 4.39 Å². The zero-order valence-electron chi connectivity index (χ0n) is 14.2. The molecule has 3 nitrogen and oxygen atoms in total. The SMILES string of the molecule is CCc1cc(Oc2cccc(F)c2)nc(SCc2ccccc2C)n1. The Kier molecular flexibility index (Phi) is 5.66. The molecule has 0 amide bonds. The monoisotopic (exact) mass is 354 g/mol. The van der Waals surface area contributed by atoms with Gasteiger partial charge in [-0.3, -0.25) is 0 Å². The summed E-state index contributed by atoms with van der Waals surface area (Å²) >= 11 is 1.57. The molecule has 0 saturated heterocycles. The van der Waals surface area contributed by atoms with Crippen LogP contribution in [0.25, 0.3) is 0 Å². The van der Waals surface area contributed by atoms with Crippen molar-refractivity contribution in [3.05, 3.63) is 77.2 Å². The third kappa shape index (κ3) is 4.79. The molecule has 3 aromatic rings. The van der Waals surface area contributed by atoms with E-state index in [9.17, 15) is 4.39 Å². The van der Waals surface area contributed by atoms with Gasteiger partial charge in [0.1, 0.15) is 11.6 Å². The highest BCUT2D eigenvalue weighted by molar-refractivity contribution is 7.98. The van der Waals surface area contributed by atoms with Gasteiger partial charge in [-0.05, 0) is 36.6 Å². The summed E-state index contributed by atoms with van der Waals surface area (Å²) in [5.41, 5.74) is 3.40. The molecule has 0 aliphatic rings. The van der Waals surface area contributed by atoms with Gasteiger partial charge < -0.3 is 4.74 Å². The number of hydrogen-bond acceptors (Lipinski definition) is 4. The van der Waals surface area contributed by atoms with Crippen molar-refractivity contribution in [3.8, 4) is 11.6 Å². The number of hydrogen-bond donors (Lipinski definition) is 0. The van der Waals surface area contributed by atoms with Crippen LogP contribution >= 0.6 is 11.8 Å². The molecule has 0 saturated carbocycles. The number of rotatable bonds is 6. The maximum atomic E-state index is 13.3. The van der Waals surface area contributed by atoms with E-state index in [1.807, 2.05) is 19.1 Å². The fourth-order valence-electron chi connectivity index (χ4n) is 2.31. The molecule has 0 spiro atoms. The smallest absolute Gasteiger partial charge is 0.223 e. The van der Waals surface area contributed by atoms with Gasteiger partial charge >= 0.3 is 0 Å². The topological polar surface area (TPSA) is 35.0 Å². The summed E-state index contributed by atoms with van der Waals surface area (Å²) in [6.07, 6.45) is 0.778. The fraction of sp³-hybridized carbons (Fsp3) is 0.200. The highest BCUT2D eigenvalue weighted by Gasteiger charge is 2.08. The largest absolute Gasteiger partial charge is 0.439 e. The minimum absolute atomic E-state index is 0.337. The third-order valence-corrected chi connectivity index (χ3v) is 4.63. The van der Waals surface area contributed by atoms with Gasteiger partial charge in [0.25, 0.3) is 0 Å². The van der Waals surface area contributed by atoms with Crippen LogP contribution in [-0.2, 0) is 12.2 Å². The number of thioether (sulfide) groups is 1. The standard InChI is InChI=1S/C20H19FN2OS/c1-3-17-12-19(24-18-10-6-9-16(21)11-18)23-20(22-17)25-13-15-8-5-4-7-14(15)2/h4-12H,3,13H2,1-2H3. The molecule has 5 heteroatoms. The van der Waals surface area contributed by atoms with Crippen LogP contribution in [0.5, 0.6) is 11.6 Å². The van der Waals surface area contributed by atoms with Gasteiger partial charge in [0, 0.05) is 23.6 Å². The van der Waals surface area contributed by atoms with Crippen LogP contribution < -0.4 is 4.74 Å². The van der Waals surface area contributed by atoms with Crippen molar-refractivity contribution in [2.75, 3.05) is 0 Å². The van der Waals surface area contributed by atoms with Gasteiger partial charge in [0.05, 0.1) is 0 Å². The van der Waals surface area contributed by atoms with E-state index >= 15 is 0 Å². The molecule has 0 N–H and O–H groups in total. The van der Waals surface area contributed by atoms with Gasteiger partial charge in [0.15, 0.2) is 5.16 Å². The molecular formula is C20H19FN2OS. The number of ether oxygens (including phenoxy) is 1. The summed E-state index contributed by atoms with van der Waals surface area (Å²) in [6, 6.07) is 16.1. The van der Waals surface area contributed by atoms with Crippen molar-refractivity contribution < 1.29 is 9.13 Å². The molecule has 0 bridgehead atoms. The lowest BCUT2D eigenvalue weighted by Gasteiger charge is -2.09. The van der Waals surface area contributed by atoms with Gasteiger partial charge in [-0.2, -0.15) is 4.98 Å². The minimum atomic E-state index is -0.337. The van der Waals surface area contributed by atoms with Gasteiger partial charge in [-0.25, -0.2) is 9.37 Å². The highest BCUT2D eigenvalue weighted by Crippen LogP contribution is 2.26. The van der Waals surface area contributed by atoms with E-state index in [1.165, 1.54) is 23.3 Å². The number of aryl methyl sites for hydroxylation is 2. The molecular weight excluding hydrogens is 335 g/mol. The van der Waals surface area contributed by atoms with Crippen LogP contribution in [0.2, 0.25) is 0 Å². The van der Waals surface area contributed by atoms with Gasteiger partial charge in [0.2, 0.25) is 5.88 Å².